The Morgan fingerprint density at radius 2 is 1.76 bits per heavy atom. The van der Waals surface area contributed by atoms with Crippen LogP contribution in [0.4, 0.5) is 0 Å². The number of aliphatic hydroxyl groups is 2. The van der Waals surface area contributed by atoms with Gasteiger partial charge >= 0.3 is 0 Å². The highest BCUT2D eigenvalue weighted by molar-refractivity contribution is 5.76. The second kappa shape index (κ2) is 8.80. The third-order valence-electron chi connectivity index (χ3n) is 3.61. The first-order valence-electron chi connectivity index (χ1n) is 7.58. The zero-order chi connectivity index (χ0) is 15.8. The van der Waals surface area contributed by atoms with E-state index in [2.05, 4.69) is 5.32 Å². The van der Waals surface area contributed by atoms with Crippen LogP contribution in [0.3, 0.4) is 0 Å². The van der Waals surface area contributed by atoms with Crippen molar-refractivity contribution >= 4 is 5.91 Å². The zero-order valence-electron chi connectivity index (χ0n) is 13.1. The second-order valence-corrected chi connectivity index (χ2v) is 6.01. The lowest BCUT2D eigenvalue weighted by atomic mass is 9.93. The summed E-state index contributed by atoms with van der Waals surface area (Å²) in [5.74, 6) is -0.00722. The van der Waals surface area contributed by atoms with Gasteiger partial charge in [-0.25, -0.2) is 0 Å². The maximum Gasteiger partial charge on any atom is 0.222 e. The van der Waals surface area contributed by atoms with Gasteiger partial charge in [0.2, 0.25) is 5.91 Å². The van der Waals surface area contributed by atoms with Crippen molar-refractivity contribution in [2.24, 2.45) is 5.92 Å². The van der Waals surface area contributed by atoms with Crippen molar-refractivity contribution in [3.8, 4) is 0 Å². The van der Waals surface area contributed by atoms with E-state index >= 15 is 0 Å². The van der Waals surface area contributed by atoms with E-state index in [4.69, 9.17) is 0 Å². The van der Waals surface area contributed by atoms with Crippen LogP contribution in [0, 0.1) is 5.92 Å². The highest BCUT2D eigenvalue weighted by Gasteiger charge is 2.18. The molecule has 0 aliphatic heterocycles. The van der Waals surface area contributed by atoms with E-state index in [-0.39, 0.29) is 24.2 Å². The van der Waals surface area contributed by atoms with Gasteiger partial charge in [0.1, 0.15) is 0 Å². The van der Waals surface area contributed by atoms with Crippen LogP contribution in [0.5, 0.6) is 0 Å². The molecule has 0 saturated heterocycles. The minimum atomic E-state index is -0.614. The van der Waals surface area contributed by atoms with Crippen LogP contribution in [-0.4, -0.2) is 34.9 Å². The Bertz CT molecular complexity index is 417. The summed E-state index contributed by atoms with van der Waals surface area (Å²) in [4.78, 5) is 11.8. The monoisotopic (exact) mass is 293 g/mol. The number of carbonyl (C=O) groups is 1. The molecule has 1 aromatic carbocycles. The topological polar surface area (TPSA) is 69.6 Å². The van der Waals surface area contributed by atoms with Gasteiger partial charge in [-0.05, 0) is 24.8 Å². The SMILES string of the molecule is CC(O)CC(CNC(=O)CC(O)C(C)C)c1ccccc1. The van der Waals surface area contributed by atoms with E-state index in [1.165, 1.54) is 0 Å². The van der Waals surface area contributed by atoms with Gasteiger partial charge < -0.3 is 15.5 Å². The molecule has 1 rings (SSSR count). The molecule has 1 aromatic rings. The van der Waals surface area contributed by atoms with E-state index < -0.39 is 12.2 Å². The van der Waals surface area contributed by atoms with Crippen molar-refractivity contribution < 1.29 is 15.0 Å². The standard InChI is InChI=1S/C17H27NO3/c1-12(2)16(20)10-17(21)18-11-15(9-13(3)19)14-7-5-4-6-8-14/h4-8,12-13,15-16,19-20H,9-11H2,1-3H3,(H,18,21). The molecule has 1 amide bonds. The summed E-state index contributed by atoms with van der Waals surface area (Å²) in [6.07, 6.45) is -0.324. The first-order valence-corrected chi connectivity index (χ1v) is 7.58. The average molecular weight is 293 g/mol. The summed E-state index contributed by atoms with van der Waals surface area (Å²) in [6, 6.07) is 9.86. The fraction of sp³-hybridized carbons (Fsp3) is 0.588. The molecule has 118 valence electrons. The Morgan fingerprint density at radius 3 is 2.29 bits per heavy atom. The zero-order valence-corrected chi connectivity index (χ0v) is 13.1. The maximum absolute atomic E-state index is 11.8. The molecule has 3 unspecified atom stereocenters. The van der Waals surface area contributed by atoms with Crippen molar-refractivity contribution in [2.45, 2.75) is 51.7 Å². The summed E-state index contributed by atoms with van der Waals surface area (Å²) in [6.45, 7) is 6.00. The molecular formula is C17H27NO3. The molecule has 4 nitrogen and oxygen atoms in total. The third-order valence-corrected chi connectivity index (χ3v) is 3.61. The predicted octanol–water partition coefficient (Wildman–Crippen LogP) is 2.06. The van der Waals surface area contributed by atoms with Crippen molar-refractivity contribution in [1.29, 1.82) is 0 Å². The van der Waals surface area contributed by atoms with Crippen LogP contribution in [0.15, 0.2) is 30.3 Å². The molecule has 0 bridgehead atoms. The van der Waals surface area contributed by atoms with Crippen LogP contribution >= 0.6 is 0 Å². The van der Waals surface area contributed by atoms with Gasteiger partial charge in [0.15, 0.2) is 0 Å². The van der Waals surface area contributed by atoms with Crippen molar-refractivity contribution in [2.75, 3.05) is 6.54 Å². The first kappa shape index (κ1) is 17.7. The summed E-state index contributed by atoms with van der Waals surface area (Å²) in [5, 5.41) is 22.2. The molecule has 0 heterocycles. The van der Waals surface area contributed by atoms with E-state index in [1.54, 1.807) is 6.92 Å². The number of hydrogen-bond donors (Lipinski definition) is 3. The van der Waals surface area contributed by atoms with Gasteiger partial charge in [0, 0.05) is 12.5 Å². The van der Waals surface area contributed by atoms with Crippen LogP contribution in [0.2, 0.25) is 0 Å². The number of nitrogens with one attached hydrogen (secondary N) is 1. The summed E-state index contributed by atoms with van der Waals surface area (Å²) >= 11 is 0. The molecule has 0 saturated carbocycles. The molecule has 4 heteroatoms. The first-order chi connectivity index (χ1) is 9.90. The van der Waals surface area contributed by atoms with E-state index in [9.17, 15) is 15.0 Å². The van der Waals surface area contributed by atoms with Crippen molar-refractivity contribution in [1.82, 2.24) is 5.32 Å². The number of benzene rings is 1. The van der Waals surface area contributed by atoms with E-state index in [1.807, 2.05) is 44.2 Å². The van der Waals surface area contributed by atoms with Crippen LogP contribution in [0.1, 0.15) is 45.1 Å². The molecule has 0 aliphatic carbocycles. The van der Waals surface area contributed by atoms with Gasteiger partial charge in [-0.15, -0.1) is 0 Å². The smallest absolute Gasteiger partial charge is 0.222 e. The molecule has 0 radical (unpaired) electrons. The van der Waals surface area contributed by atoms with Crippen molar-refractivity contribution in [3.63, 3.8) is 0 Å². The quantitative estimate of drug-likeness (QED) is 0.687. The van der Waals surface area contributed by atoms with E-state index in [0.717, 1.165) is 5.56 Å². The fourth-order valence-electron chi connectivity index (χ4n) is 2.21. The lowest BCUT2D eigenvalue weighted by Crippen LogP contribution is -2.33. The molecule has 3 N–H and O–H groups in total. The largest absolute Gasteiger partial charge is 0.393 e. The Morgan fingerprint density at radius 1 is 1.14 bits per heavy atom. The lowest BCUT2D eigenvalue weighted by Gasteiger charge is -2.20. The average Bonchev–Trinajstić information content (AvgIpc) is 2.43. The minimum Gasteiger partial charge on any atom is -0.393 e. The molecule has 0 fully saturated rings. The highest BCUT2D eigenvalue weighted by atomic mass is 16.3. The summed E-state index contributed by atoms with van der Waals surface area (Å²) in [5.41, 5.74) is 1.10. The van der Waals surface area contributed by atoms with Gasteiger partial charge in [-0.1, -0.05) is 44.2 Å². The summed E-state index contributed by atoms with van der Waals surface area (Å²) < 4.78 is 0. The fourth-order valence-corrected chi connectivity index (χ4v) is 2.21. The lowest BCUT2D eigenvalue weighted by molar-refractivity contribution is -0.123. The number of amides is 1. The normalized spacial score (nSPS) is 15.5. The van der Waals surface area contributed by atoms with Crippen LogP contribution in [-0.2, 0) is 4.79 Å². The van der Waals surface area contributed by atoms with E-state index in [0.29, 0.717) is 13.0 Å². The van der Waals surface area contributed by atoms with Gasteiger partial charge in [0.05, 0.1) is 18.6 Å². The molecule has 0 aliphatic rings. The Kier molecular flexibility index (Phi) is 7.40. The minimum absolute atomic E-state index is 0.0677. The molecule has 3 atom stereocenters. The Hall–Kier alpha value is -1.39. The summed E-state index contributed by atoms with van der Waals surface area (Å²) in [7, 11) is 0. The number of rotatable bonds is 8. The molecular weight excluding hydrogens is 266 g/mol. The Labute approximate surface area is 127 Å². The maximum atomic E-state index is 11.8. The number of aliphatic hydroxyl groups excluding tert-OH is 2. The highest BCUT2D eigenvalue weighted by Crippen LogP contribution is 2.20. The number of hydrogen-bond acceptors (Lipinski definition) is 3. The predicted molar refractivity (Wildman–Crippen MR) is 84.0 cm³/mol. The van der Waals surface area contributed by atoms with Gasteiger partial charge in [-0.2, -0.15) is 0 Å². The van der Waals surface area contributed by atoms with Crippen molar-refractivity contribution in [3.05, 3.63) is 35.9 Å². The molecule has 21 heavy (non-hydrogen) atoms. The Balaban J connectivity index is 2.56. The van der Waals surface area contributed by atoms with Crippen LogP contribution < -0.4 is 5.32 Å². The second-order valence-electron chi connectivity index (χ2n) is 6.01. The molecule has 0 aromatic heterocycles. The van der Waals surface area contributed by atoms with Gasteiger partial charge in [0.25, 0.3) is 0 Å². The van der Waals surface area contributed by atoms with Gasteiger partial charge in [-0.3, -0.25) is 4.79 Å². The third kappa shape index (κ3) is 6.74. The van der Waals surface area contributed by atoms with Crippen LogP contribution in [0.25, 0.3) is 0 Å². The number of carbonyl (C=O) groups excluding carboxylic acids is 1. The molecule has 0 spiro atoms.